The van der Waals surface area contributed by atoms with Crippen LogP contribution >= 0.6 is 0 Å². The monoisotopic (exact) mass is 291 g/mol. The normalized spacial score (nSPS) is 12.8. The van der Waals surface area contributed by atoms with Gasteiger partial charge in [0.05, 0.1) is 12.5 Å². The SMILES string of the molecule is O=C(O)Cc1ccc(C(O)CNC(=O)C(F)(F)F)cc1. The number of carbonyl (C=O) groups excluding carboxylic acids is 1. The summed E-state index contributed by atoms with van der Waals surface area (Å²) in [5.41, 5.74) is 0.773. The molecule has 0 fully saturated rings. The van der Waals surface area contributed by atoms with Gasteiger partial charge in [0.15, 0.2) is 0 Å². The molecule has 110 valence electrons. The van der Waals surface area contributed by atoms with Gasteiger partial charge in [-0.2, -0.15) is 13.2 Å². The summed E-state index contributed by atoms with van der Waals surface area (Å²) >= 11 is 0. The number of nitrogens with one attached hydrogen (secondary N) is 1. The molecule has 0 aromatic heterocycles. The van der Waals surface area contributed by atoms with Crippen LogP contribution in [-0.2, 0) is 16.0 Å². The van der Waals surface area contributed by atoms with Crippen LogP contribution in [0.25, 0.3) is 0 Å². The Morgan fingerprint density at radius 3 is 2.20 bits per heavy atom. The molecule has 5 nitrogen and oxygen atoms in total. The number of benzene rings is 1. The average molecular weight is 291 g/mol. The highest BCUT2D eigenvalue weighted by molar-refractivity contribution is 5.81. The number of aliphatic hydroxyl groups excluding tert-OH is 1. The lowest BCUT2D eigenvalue weighted by Gasteiger charge is -2.13. The highest BCUT2D eigenvalue weighted by Gasteiger charge is 2.38. The van der Waals surface area contributed by atoms with Gasteiger partial charge in [0.2, 0.25) is 0 Å². The number of amides is 1. The standard InChI is InChI=1S/C12H12F3NO4/c13-12(14,15)11(20)16-6-9(17)8-3-1-7(2-4-8)5-10(18)19/h1-4,9,17H,5-6H2,(H,16,20)(H,18,19). The van der Waals surface area contributed by atoms with Gasteiger partial charge in [0.25, 0.3) is 0 Å². The zero-order valence-corrected chi connectivity index (χ0v) is 10.1. The van der Waals surface area contributed by atoms with Gasteiger partial charge in [-0.25, -0.2) is 0 Å². The van der Waals surface area contributed by atoms with Crippen molar-refractivity contribution in [3.05, 3.63) is 35.4 Å². The molecule has 0 aliphatic heterocycles. The molecule has 1 aromatic rings. The Balaban J connectivity index is 2.58. The molecule has 0 radical (unpaired) electrons. The fraction of sp³-hybridized carbons (Fsp3) is 0.333. The molecule has 1 rings (SSSR count). The topological polar surface area (TPSA) is 86.6 Å². The number of halogens is 3. The molecular formula is C12H12F3NO4. The third-order valence-corrected chi connectivity index (χ3v) is 2.43. The van der Waals surface area contributed by atoms with E-state index in [1.807, 2.05) is 0 Å². The van der Waals surface area contributed by atoms with E-state index in [1.54, 1.807) is 5.32 Å². The molecule has 8 heteroatoms. The Labute approximate surface area is 112 Å². The van der Waals surface area contributed by atoms with Gasteiger partial charge in [0, 0.05) is 6.54 Å². The third-order valence-electron chi connectivity index (χ3n) is 2.43. The van der Waals surface area contributed by atoms with Crippen LogP contribution in [0.1, 0.15) is 17.2 Å². The van der Waals surface area contributed by atoms with Gasteiger partial charge in [-0.3, -0.25) is 9.59 Å². The second-order valence-electron chi connectivity index (χ2n) is 4.04. The van der Waals surface area contributed by atoms with Crippen molar-refractivity contribution >= 4 is 11.9 Å². The van der Waals surface area contributed by atoms with Crippen LogP contribution in [0.15, 0.2) is 24.3 Å². The minimum Gasteiger partial charge on any atom is -0.481 e. The molecule has 0 heterocycles. The summed E-state index contributed by atoms with van der Waals surface area (Å²) in [5.74, 6) is -3.14. The zero-order valence-electron chi connectivity index (χ0n) is 10.1. The minimum atomic E-state index is -4.99. The molecular weight excluding hydrogens is 279 g/mol. The Kier molecular flexibility index (Phi) is 5.09. The largest absolute Gasteiger partial charge is 0.481 e. The van der Waals surface area contributed by atoms with Crippen LogP contribution < -0.4 is 5.32 Å². The summed E-state index contributed by atoms with van der Waals surface area (Å²) in [4.78, 5) is 21.0. The maximum atomic E-state index is 11.9. The first kappa shape index (κ1) is 16.0. The summed E-state index contributed by atoms with van der Waals surface area (Å²) in [5, 5.41) is 19.7. The number of aliphatic carboxylic acids is 1. The summed E-state index contributed by atoms with van der Waals surface area (Å²) in [6, 6.07) is 5.67. The number of carboxylic acid groups (broad SMARTS) is 1. The number of hydrogen-bond acceptors (Lipinski definition) is 3. The van der Waals surface area contributed by atoms with Crippen LogP contribution in [0.2, 0.25) is 0 Å². The van der Waals surface area contributed by atoms with Crippen molar-refractivity contribution < 1.29 is 33.0 Å². The lowest BCUT2D eigenvalue weighted by molar-refractivity contribution is -0.174. The molecule has 1 unspecified atom stereocenters. The van der Waals surface area contributed by atoms with Crippen molar-refractivity contribution in [3.8, 4) is 0 Å². The van der Waals surface area contributed by atoms with Crippen LogP contribution in [0.4, 0.5) is 13.2 Å². The average Bonchev–Trinajstić information content (AvgIpc) is 2.34. The Hall–Kier alpha value is -2.09. The van der Waals surface area contributed by atoms with E-state index in [-0.39, 0.29) is 12.0 Å². The van der Waals surface area contributed by atoms with E-state index in [9.17, 15) is 27.9 Å². The van der Waals surface area contributed by atoms with Crippen molar-refractivity contribution in [1.29, 1.82) is 0 Å². The van der Waals surface area contributed by atoms with Crippen molar-refractivity contribution in [2.24, 2.45) is 0 Å². The van der Waals surface area contributed by atoms with Crippen LogP contribution in [0.3, 0.4) is 0 Å². The van der Waals surface area contributed by atoms with E-state index in [0.717, 1.165) is 0 Å². The number of hydrogen-bond donors (Lipinski definition) is 3. The molecule has 3 N–H and O–H groups in total. The van der Waals surface area contributed by atoms with Crippen molar-refractivity contribution in [1.82, 2.24) is 5.32 Å². The summed E-state index contributed by atoms with van der Waals surface area (Å²) < 4.78 is 35.8. The van der Waals surface area contributed by atoms with Gasteiger partial charge in [-0.05, 0) is 11.1 Å². The Bertz CT molecular complexity index is 484. The summed E-state index contributed by atoms with van der Waals surface area (Å²) in [6.07, 6.45) is -6.49. The predicted molar refractivity (Wildman–Crippen MR) is 61.8 cm³/mol. The van der Waals surface area contributed by atoms with E-state index >= 15 is 0 Å². The molecule has 1 aromatic carbocycles. The quantitative estimate of drug-likeness (QED) is 0.756. The second kappa shape index (κ2) is 6.38. The lowest BCUT2D eigenvalue weighted by Crippen LogP contribution is -2.38. The van der Waals surface area contributed by atoms with Crippen molar-refractivity contribution in [3.63, 3.8) is 0 Å². The highest BCUT2D eigenvalue weighted by Crippen LogP contribution is 2.16. The molecule has 0 saturated carbocycles. The molecule has 0 bridgehead atoms. The van der Waals surface area contributed by atoms with Gasteiger partial charge in [0.1, 0.15) is 0 Å². The first-order valence-electron chi connectivity index (χ1n) is 5.54. The molecule has 20 heavy (non-hydrogen) atoms. The number of alkyl halides is 3. The summed E-state index contributed by atoms with van der Waals surface area (Å²) in [6.45, 7) is -0.587. The van der Waals surface area contributed by atoms with E-state index in [1.165, 1.54) is 24.3 Å². The first-order chi connectivity index (χ1) is 9.20. The maximum absolute atomic E-state index is 11.9. The van der Waals surface area contributed by atoms with Crippen molar-refractivity contribution in [2.45, 2.75) is 18.7 Å². The van der Waals surface area contributed by atoms with Crippen LogP contribution in [0.5, 0.6) is 0 Å². The maximum Gasteiger partial charge on any atom is 0.471 e. The summed E-state index contributed by atoms with van der Waals surface area (Å²) in [7, 11) is 0. The molecule has 0 spiro atoms. The van der Waals surface area contributed by atoms with Gasteiger partial charge in [-0.15, -0.1) is 0 Å². The number of rotatable bonds is 5. The molecule has 1 atom stereocenters. The second-order valence-corrected chi connectivity index (χ2v) is 4.04. The van der Waals surface area contributed by atoms with E-state index in [2.05, 4.69) is 0 Å². The Morgan fingerprint density at radius 2 is 1.75 bits per heavy atom. The molecule has 1 amide bonds. The van der Waals surface area contributed by atoms with Crippen LogP contribution in [-0.4, -0.2) is 34.8 Å². The van der Waals surface area contributed by atoms with Gasteiger partial charge < -0.3 is 15.5 Å². The molecule has 0 saturated heterocycles. The third kappa shape index (κ3) is 4.88. The van der Waals surface area contributed by atoms with E-state index in [0.29, 0.717) is 5.56 Å². The Morgan fingerprint density at radius 1 is 1.20 bits per heavy atom. The van der Waals surface area contributed by atoms with Gasteiger partial charge >= 0.3 is 18.1 Å². The molecule has 0 aliphatic rings. The first-order valence-corrected chi connectivity index (χ1v) is 5.54. The molecule has 0 aliphatic carbocycles. The fourth-order valence-corrected chi connectivity index (χ4v) is 1.44. The van der Waals surface area contributed by atoms with Crippen molar-refractivity contribution in [2.75, 3.05) is 6.54 Å². The zero-order chi connectivity index (χ0) is 15.3. The van der Waals surface area contributed by atoms with E-state index < -0.39 is 30.7 Å². The number of carbonyl (C=O) groups is 2. The smallest absolute Gasteiger partial charge is 0.471 e. The lowest BCUT2D eigenvalue weighted by atomic mass is 10.1. The predicted octanol–water partition coefficient (Wildman–Crippen LogP) is 1.03. The van der Waals surface area contributed by atoms with Gasteiger partial charge in [-0.1, -0.05) is 24.3 Å². The number of carboxylic acids is 1. The fourth-order valence-electron chi connectivity index (χ4n) is 1.44. The van der Waals surface area contributed by atoms with E-state index in [4.69, 9.17) is 5.11 Å². The highest BCUT2D eigenvalue weighted by atomic mass is 19.4. The minimum absolute atomic E-state index is 0.193. The van der Waals surface area contributed by atoms with Crippen LogP contribution in [0, 0.1) is 0 Å². The number of aliphatic hydroxyl groups is 1.